The van der Waals surface area contributed by atoms with Gasteiger partial charge in [-0.15, -0.1) is 0 Å². The molecule has 5 unspecified atom stereocenters. The molecule has 28 heavy (non-hydrogen) atoms. The molecule has 3 heterocycles. The van der Waals surface area contributed by atoms with Crippen LogP contribution in [0.3, 0.4) is 0 Å². The van der Waals surface area contributed by atoms with Gasteiger partial charge in [0.25, 0.3) is 0 Å². The van der Waals surface area contributed by atoms with Gasteiger partial charge in [-0.25, -0.2) is 0 Å². The zero-order valence-corrected chi connectivity index (χ0v) is 17.6. The summed E-state index contributed by atoms with van der Waals surface area (Å²) in [7, 11) is 0. The van der Waals surface area contributed by atoms with E-state index in [2.05, 4.69) is 9.80 Å². The first-order chi connectivity index (χ1) is 13.6. The number of carbonyl (C=O) groups is 1. The highest BCUT2D eigenvalue weighted by atomic mass is 32.1. The summed E-state index contributed by atoms with van der Waals surface area (Å²) in [6.07, 6.45) is 12.6. The third-order valence-corrected chi connectivity index (χ3v) is 8.57. The molecule has 0 aromatic heterocycles. The van der Waals surface area contributed by atoms with Gasteiger partial charge in [-0.1, -0.05) is 38.5 Å². The Morgan fingerprint density at radius 1 is 0.893 bits per heavy atom. The quantitative estimate of drug-likeness (QED) is 0.572. The summed E-state index contributed by atoms with van der Waals surface area (Å²) in [6.45, 7) is 1.95. The fourth-order valence-corrected chi connectivity index (χ4v) is 7.07. The van der Waals surface area contributed by atoms with Crippen LogP contribution in [0.2, 0.25) is 0 Å². The van der Waals surface area contributed by atoms with Gasteiger partial charge in [-0.2, -0.15) is 0 Å². The van der Waals surface area contributed by atoms with Crippen molar-refractivity contribution in [1.29, 1.82) is 0 Å². The predicted molar refractivity (Wildman–Crippen MR) is 111 cm³/mol. The lowest BCUT2D eigenvalue weighted by atomic mass is 9.74. The number of hydrogen-bond donors (Lipinski definition) is 1. The Morgan fingerprint density at radius 3 is 2.00 bits per heavy atom. The Bertz CT molecular complexity index is 617. The molecule has 6 fully saturated rings. The summed E-state index contributed by atoms with van der Waals surface area (Å²) in [4.78, 5) is 17.3. The number of hydrogen-bond acceptors (Lipinski definition) is 4. The van der Waals surface area contributed by atoms with Gasteiger partial charge in [0.1, 0.15) is 6.10 Å². The summed E-state index contributed by atoms with van der Waals surface area (Å²) in [6, 6.07) is 0.150. The average molecular weight is 407 g/mol. The van der Waals surface area contributed by atoms with Gasteiger partial charge >= 0.3 is 5.97 Å². The SMILES string of the molecule is O=C1OC2C(O)CC1C1C2N(CC2CCCCC2)C(=S)N1CC1CCCCC1. The second-order valence-electron chi connectivity index (χ2n) is 9.89. The van der Waals surface area contributed by atoms with Crippen LogP contribution in [0.4, 0.5) is 0 Å². The van der Waals surface area contributed by atoms with E-state index in [0.717, 1.165) is 18.2 Å². The van der Waals surface area contributed by atoms with Crippen molar-refractivity contribution in [2.75, 3.05) is 13.1 Å². The third-order valence-electron chi connectivity index (χ3n) is 8.10. The van der Waals surface area contributed by atoms with E-state index >= 15 is 0 Å². The molecule has 3 aliphatic heterocycles. The van der Waals surface area contributed by atoms with Crippen LogP contribution in [-0.4, -0.2) is 63.4 Å². The van der Waals surface area contributed by atoms with Crippen LogP contribution in [-0.2, 0) is 9.53 Å². The molecule has 3 aliphatic carbocycles. The summed E-state index contributed by atoms with van der Waals surface area (Å²) in [5, 5.41) is 11.5. The molecule has 6 rings (SSSR count). The second kappa shape index (κ2) is 7.75. The molecule has 1 N–H and O–H groups in total. The van der Waals surface area contributed by atoms with Crippen molar-refractivity contribution in [3.63, 3.8) is 0 Å². The Morgan fingerprint density at radius 2 is 1.43 bits per heavy atom. The van der Waals surface area contributed by atoms with Gasteiger partial charge in [-0.05, 0) is 56.2 Å². The number of thiocarbonyl (C=S) groups is 1. The molecular formula is C22H34N2O3S. The number of carbonyl (C=O) groups excluding carboxylic acids is 1. The summed E-state index contributed by atoms with van der Waals surface area (Å²) < 4.78 is 5.70. The van der Waals surface area contributed by atoms with Crippen LogP contribution >= 0.6 is 12.2 Å². The molecule has 5 atom stereocenters. The van der Waals surface area contributed by atoms with E-state index in [1.807, 2.05) is 0 Å². The lowest BCUT2D eigenvalue weighted by Crippen LogP contribution is -2.66. The average Bonchev–Trinajstić information content (AvgIpc) is 2.98. The highest BCUT2D eigenvalue weighted by Crippen LogP contribution is 2.45. The molecule has 6 heteroatoms. The van der Waals surface area contributed by atoms with E-state index in [4.69, 9.17) is 17.0 Å². The molecule has 156 valence electrons. The van der Waals surface area contributed by atoms with Crippen LogP contribution in [0, 0.1) is 17.8 Å². The maximum atomic E-state index is 12.6. The second-order valence-corrected chi connectivity index (χ2v) is 10.3. The van der Waals surface area contributed by atoms with Crippen LogP contribution in [0.15, 0.2) is 0 Å². The smallest absolute Gasteiger partial charge is 0.311 e. The number of ether oxygens (including phenoxy) is 1. The minimum absolute atomic E-state index is 0.0458. The molecular weight excluding hydrogens is 372 g/mol. The number of aliphatic hydroxyl groups is 1. The Hall–Kier alpha value is -0.880. The molecule has 2 bridgehead atoms. The number of rotatable bonds is 4. The lowest BCUT2D eigenvalue weighted by Gasteiger charge is -2.49. The topological polar surface area (TPSA) is 53.0 Å². The number of nitrogens with zero attached hydrogens (tertiary/aromatic N) is 2. The first kappa shape index (κ1) is 19.1. The maximum Gasteiger partial charge on any atom is 0.311 e. The molecule has 0 aromatic carbocycles. The molecule has 3 saturated heterocycles. The van der Waals surface area contributed by atoms with Gasteiger partial charge in [0, 0.05) is 13.1 Å². The summed E-state index contributed by atoms with van der Waals surface area (Å²) in [5.41, 5.74) is 0. The molecule has 0 spiro atoms. The van der Waals surface area contributed by atoms with Crippen molar-refractivity contribution in [3.05, 3.63) is 0 Å². The largest absolute Gasteiger partial charge is 0.457 e. The van der Waals surface area contributed by atoms with Crippen LogP contribution in [0.5, 0.6) is 0 Å². The van der Waals surface area contributed by atoms with E-state index in [9.17, 15) is 9.90 Å². The van der Waals surface area contributed by atoms with Crippen LogP contribution < -0.4 is 0 Å². The van der Waals surface area contributed by atoms with Crippen LogP contribution in [0.25, 0.3) is 0 Å². The Labute approximate surface area is 173 Å². The van der Waals surface area contributed by atoms with Gasteiger partial charge < -0.3 is 19.6 Å². The van der Waals surface area contributed by atoms with E-state index in [-0.39, 0.29) is 24.0 Å². The molecule has 0 radical (unpaired) electrons. The highest BCUT2D eigenvalue weighted by molar-refractivity contribution is 7.80. The van der Waals surface area contributed by atoms with Crippen molar-refractivity contribution in [3.8, 4) is 0 Å². The molecule has 3 saturated carbocycles. The van der Waals surface area contributed by atoms with Crippen molar-refractivity contribution in [2.45, 2.75) is 94.9 Å². The molecule has 6 aliphatic rings. The zero-order valence-electron chi connectivity index (χ0n) is 16.8. The van der Waals surface area contributed by atoms with Crippen molar-refractivity contribution in [2.24, 2.45) is 17.8 Å². The van der Waals surface area contributed by atoms with E-state index in [1.165, 1.54) is 64.2 Å². The monoisotopic (exact) mass is 406 g/mol. The molecule has 5 nitrogen and oxygen atoms in total. The summed E-state index contributed by atoms with van der Waals surface area (Å²) in [5.74, 6) is 1.01. The minimum Gasteiger partial charge on any atom is -0.457 e. The minimum atomic E-state index is -0.546. The fraction of sp³-hybridized carbons (Fsp3) is 0.909. The first-order valence-electron chi connectivity index (χ1n) is 11.6. The molecule has 0 amide bonds. The number of esters is 1. The summed E-state index contributed by atoms with van der Waals surface area (Å²) >= 11 is 6.03. The van der Waals surface area contributed by atoms with Gasteiger partial charge in [0.2, 0.25) is 0 Å². The number of fused-ring (bicyclic) bond motifs is 2. The van der Waals surface area contributed by atoms with Gasteiger partial charge in [0.15, 0.2) is 5.11 Å². The van der Waals surface area contributed by atoms with Gasteiger partial charge in [-0.3, -0.25) is 4.79 Å². The van der Waals surface area contributed by atoms with Crippen molar-refractivity contribution < 1.29 is 14.6 Å². The fourth-order valence-electron chi connectivity index (χ4n) is 6.68. The highest BCUT2D eigenvalue weighted by Gasteiger charge is 2.62. The van der Waals surface area contributed by atoms with Crippen LogP contribution in [0.1, 0.15) is 70.6 Å². The normalized spacial score (nSPS) is 39.4. The van der Waals surface area contributed by atoms with Gasteiger partial charge in [0.05, 0.1) is 24.1 Å². The number of aliphatic hydroxyl groups excluding tert-OH is 1. The van der Waals surface area contributed by atoms with E-state index < -0.39 is 12.2 Å². The standard InChI is InChI=1S/C22H34N2O3S/c25-17-11-16-18-19(20(17)27-21(16)26)24(13-15-9-5-2-6-10-15)22(28)23(18)12-14-7-3-1-4-8-14/h14-20,25H,1-13H2. The van der Waals surface area contributed by atoms with Crippen molar-refractivity contribution in [1.82, 2.24) is 9.80 Å². The zero-order chi connectivity index (χ0) is 19.3. The Balaban J connectivity index is 1.41. The molecule has 0 aromatic rings. The Kier molecular flexibility index (Phi) is 5.29. The first-order valence-corrected chi connectivity index (χ1v) is 12.0. The van der Waals surface area contributed by atoms with E-state index in [0.29, 0.717) is 18.3 Å². The maximum absolute atomic E-state index is 12.6. The van der Waals surface area contributed by atoms with Crippen molar-refractivity contribution >= 4 is 23.3 Å². The lowest BCUT2D eigenvalue weighted by molar-refractivity contribution is -0.199. The predicted octanol–water partition coefficient (Wildman–Crippen LogP) is 3.09. The van der Waals surface area contributed by atoms with E-state index in [1.54, 1.807) is 0 Å². The third kappa shape index (κ3) is 3.24.